The van der Waals surface area contributed by atoms with Crippen molar-refractivity contribution < 1.29 is 50.8 Å². The molecule has 0 atom stereocenters. The van der Waals surface area contributed by atoms with Gasteiger partial charge in [-0.05, 0) is 0 Å². The minimum absolute atomic E-state index is 0. The molecule has 0 aliphatic heterocycles. The van der Waals surface area contributed by atoms with Gasteiger partial charge in [0, 0.05) is 0 Å². The third kappa shape index (κ3) is 1090. The zero-order valence-corrected chi connectivity index (χ0v) is 6.87. The monoisotopic (exact) mass is 146 g/mol. The van der Waals surface area contributed by atoms with Crippen LogP contribution < -0.4 is 41.0 Å². The Labute approximate surface area is 74.6 Å². The quantitative estimate of drug-likeness (QED) is 0.263. The summed E-state index contributed by atoms with van der Waals surface area (Å²) in [5.41, 5.74) is 8.50. The molecule has 0 spiro atoms. The van der Waals surface area contributed by atoms with Gasteiger partial charge in [-0.15, -0.1) is 0 Å². The molecule has 0 bridgehead atoms. The molecule has 2 amide bonds. The first-order valence-corrected chi connectivity index (χ1v) is 1.43. The summed E-state index contributed by atoms with van der Waals surface area (Å²) in [5, 5.41) is 13.9. The predicted octanol–water partition coefficient (Wildman–Crippen LogP) is -3.64. The van der Waals surface area contributed by atoms with E-state index in [2.05, 4.69) is 11.5 Å². The van der Waals surface area contributed by atoms with Gasteiger partial charge >= 0.3 is 41.7 Å². The Morgan fingerprint density at radius 2 is 1.22 bits per heavy atom. The second-order valence-corrected chi connectivity index (χ2v) is 0.685. The van der Waals surface area contributed by atoms with Gasteiger partial charge in [-0.3, -0.25) is 0 Å². The van der Waals surface area contributed by atoms with E-state index in [1.165, 1.54) is 0 Å². The van der Waals surface area contributed by atoms with Gasteiger partial charge in [-0.25, -0.2) is 9.59 Å². The number of hydrogen-bond acceptors (Lipinski definition) is 2. The van der Waals surface area contributed by atoms with Crippen molar-refractivity contribution in [3.8, 4) is 0 Å². The summed E-state index contributed by atoms with van der Waals surface area (Å²) < 4.78 is 0. The average Bonchev–Trinajstić information content (AvgIpc) is 1.25. The summed E-state index contributed by atoms with van der Waals surface area (Å²) in [7, 11) is 0. The molecule has 50 valence electrons. The number of rotatable bonds is 0. The molecule has 0 aromatic carbocycles. The van der Waals surface area contributed by atoms with Crippen molar-refractivity contribution in [2.24, 2.45) is 11.5 Å². The number of carbonyl (C=O) groups excluding carboxylic acids is 1. The fourth-order valence-electron chi connectivity index (χ4n) is 0. The van der Waals surface area contributed by atoms with Gasteiger partial charge in [0.1, 0.15) is 0 Å². The van der Waals surface area contributed by atoms with Crippen molar-refractivity contribution in [1.29, 1.82) is 0 Å². The van der Waals surface area contributed by atoms with E-state index in [0.717, 1.165) is 0 Å². The van der Waals surface area contributed by atoms with E-state index in [9.17, 15) is 0 Å². The minimum Gasteiger partial charge on any atom is -1.00 e. The van der Waals surface area contributed by atoms with Crippen molar-refractivity contribution >= 4 is 12.2 Å². The molecule has 0 unspecified atom stereocenters. The molecule has 0 aromatic heterocycles. The zero-order chi connectivity index (χ0) is 7.15. The fraction of sp³-hybridized carbons (Fsp3) is 0. The largest absolute Gasteiger partial charge is 1.00 e. The summed E-state index contributed by atoms with van der Waals surface area (Å²) in [5.74, 6) is 0. The van der Waals surface area contributed by atoms with E-state index in [4.69, 9.17) is 19.8 Å². The number of nitrogens with two attached hydrogens (primary N) is 2. The summed E-state index contributed by atoms with van der Waals surface area (Å²) in [6.07, 6.45) is -1.83. The van der Waals surface area contributed by atoms with Crippen LogP contribution in [0.5, 0.6) is 0 Å². The third-order valence-corrected chi connectivity index (χ3v) is 0. The van der Waals surface area contributed by atoms with Crippen LogP contribution in [0.4, 0.5) is 9.59 Å². The van der Waals surface area contributed by atoms with Crippen LogP contribution in [0.1, 0.15) is 1.43 Å². The summed E-state index contributed by atoms with van der Waals surface area (Å²) >= 11 is 0. The van der Waals surface area contributed by atoms with E-state index in [1.807, 2.05) is 0 Å². The molecule has 0 aliphatic rings. The van der Waals surface area contributed by atoms with Crippen molar-refractivity contribution in [3.05, 3.63) is 0 Å². The summed E-state index contributed by atoms with van der Waals surface area (Å²) in [6.45, 7) is 0. The Hall–Kier alpha value is -0.460. The van der Waals surface area contributed by atoms with Gasteiger partial charge in [0.05, 0.1) is 0 Å². The van der Waals surface area contributed by atoms with Crippen LogP contribution in [-0.2, 0) is 0 Å². The van der Waals surface area contributed by atoms with Gasteiger partial charge in [0.15, 0.2) is 0 Å². The van der Waals surface area contributed by atoms with Crippen LogP contribution in [0, 0.1) is 0 Å². The van der Waals surface area contributed by atoms with E-state index in [1.54, 1.807) is 0 Å². The average molecular weight is 146 g/mol. The van der Waals surface area contributed by atoms with Gasteiger partial charge in [-0.1, -0.05) is 0 Å². The van der Waals surface area contributed by atoms with Crippen LogP contribution in [-0.4, -0.2) is 22.4 Å². The normalized spacial score (nSPS) is 5.33. The first-order chi connectivity index (χ1) is 3.46. The number of amides is 2. The van der Waals surface area contributed by atoms with E-state index in [-0.39, 0.29) is 31.0 Å². The Kier molecular flexibility index (Phi) is 18.5. The van der Waals surface area contributed by atoms with Crippen molar-refractivity contribution in [2.45, 2.75) is 0 Å². The second-order valence-electron chi connectivity index (χ2n) is 0.685. The molecule has 7 heteroatoms. The maximum absolute atomic E-state index is 9.00. The first-order valence-electron chi connectivity index (χ1n) is 1.43. The molecule has 6 N–H and O–H groups in total. The van der Waals surface area contributed by atoms with Crippen molar-refractivity contribution in [1.82, 2.24) is 0 Å². The molecule has 6 nitrogen and oxygen atoms in total. The van der Waals surface area contributed by atoms with E-state index < -0.39 is 12.2 Å². The number of primary amides is 2. The standard InChI is InChI=1S/CH4N2O.CH2O3.Na.H/c2*2-1(3)4;;/h(H4,2,3,4);(H2,2,3,4);;/q;;+1;-1. The topological polar surface area (TPSA) is 127 Å². The molecule has 0 radical (unpaired) electrons. The molecular weight excluding hydrogens is 139 g/mol. The number of carbonyl (C=O) groups is 2. The third-order valence-electron chi connectivity index (χ3n) is 0. The predicted molar refractivity (Wildman–Crippen MR) is 25.5 cm³/mol. The van der Waals surface area contributed by atoms with Crippen molar-refractivity contribution in [3.63, 3.8) is 0 Å². The van der Waals surface area contributed by atoms with Crippen molar-refractivity contribution in [2.75, 3.05) is 0 Å². The minimum atomic E-state index is -1.83. The molecule has 9 heavy (non-hydrogen) atoms. The number of urea groups is 1. The molecular formula is C2H7N2NaO4. The van der Waals surface area contributed by atoms with Gasteiger partial charge in [0.2, 0.25) is 0 Å². The molecule has 0 rings (SSSR count). The van der Waals surface area contributed by atoms with Crippen LogP contribution in [0.25, 0.3) is 0 Å². The van der Waals surface area contributed by atoms with Gasteiger partial charge in [-0.2, -0.15) is 0 Å². The molecule has 0 aromatic rings. The molecule has 0 heterocycles. The zero-order valence-electron chi connectivity index (χ0n) is 5.87. The fourth-order valence-corrected chi connectivity index (χ4v) is 0. The summed E-state index contributed by atoms with van der Waals surface area (Å²) in [4.78, 5) is 17.6. The second kappa shape index (κ2) is 10.5. The Balaban J connectivity index is -0.0000000300. The van der Waals surface area contributed by atoms with Crippen LogP contribution in [0.15, 0.2) is 0 Å². The maximum Gasteiger partial charge on any atom is 1.00 e. The molecule has 0 aliphatic carbocycles. The van der Waals surface area contributed by atoms with Gasteiger partial charge < -0.3 is 23.1 Å². The molecule has 0 saturated carbocycles. The van der Waals surface area contributed by atoms with Gasteiger partial charge in [0.25, 0.3) is 0 Å². The number of carboxylic acid groups (broad SMARTS) is 2. The van der Waals surface area contributed by atoms with Crippen LogP contribution in [0.2, 0.25) is 0 Å². The Morgan fingerprint density at radius 1 is 1.22 bits per heavy atom. The molecule has 0 saturated heterocycles. The Morgan fingerprint density at radius 3 is 1.22 bits per heavy atom. The summed E-state index contributed by atoms with van der Waals surface area (Å²) in [6, 6.07) is -0.833. The van der Waals surface area contributed by atoms with E-state index >= 15 is 0 Å². The molecule has 0 fully saturated rings. The van der Waals surface area contributed by atoms with Crippen LogP contribution in [0.3, 0.4) is 0 Å². The SMILES string of the molecule is NC(N)=O.O=C(O)O.[H-].[Na+]. The number of hydrogen-bond donors (Lipinski definition) is 4. The smallest absolute Gasteiger partial charge is 1.00 e. The first kappa shape index (κ1) is 15.8. The van der Waals surface area contributed by atoms with Crippen LogP contribution >= 0.6 is 0 Å². The Bertz CT molecular complexity index is 79.3. The maximum atomic E-state index is 9.00. The van der Waals surface area contributed by atoms with E-state index in [0.29, 0.717) is 0 Å².